The maximum Gasteiger partial charge on any atom is 0.271 e. The van der Waals surface area contributed by atoms with E-state index in [1.807, 2.05) is 31.2 Å². The topological polar surface area (TPSA) is 92.5 Å². The van der Waals surface area contributed by atoms with Crippen molar-refractivity contribution < 1.29 is 19.1 Å². The number of carbonyl (C=O) groups excluding carboxylic acids is 2. The van der Waals surface area contributed by atoms with Gasteiger partial charge in [0.05, 0.1) is 23.8 Å². The molecule has 0 fully saturated rings. The van der Waals surface area contributed by atoms with E-state index in [4.69, 9.17) is 21.1 Å². The van der Waals surface area contributed by atoms with E-state index in [1.54, 1.807) is 12.3 Å². The van der Waals surface area contributed by atoms with Gasteiger partial charge in [-0.1, -0.05) is 43.1 Å². The monoisotopic (exact) mass is 429 g/mol. The summed E-state index contributed by atoms with van der Waals surface area (Å²) in [5.74, 6) is -0.164. The number of para-hydroxylation sites is 1. The van der Waals surface area contributed by atoms with Gasteiger partial charge >= 0.3 is 0 Å². The van der Waals surface area contributed by atoms with Crippen LogP contribution in [0.15, 0.2) is 42.6 Å². The molecular formula is C22H24ClN3O4. The Hall–Kier alpha value is -3.19. The number of carbonyl (C=O) groups is 2. The minimum absolute atomic E-state index is 0.241. The number of rotatable bonds is 8. The minimum Gasteiger partial charge on any atom is -0.490 e. The van der Waals surface area contributed by atoms with Crippen molar-refractivity contribution in [3.05, 3.63) is 58.7 Å². The van der Waals surface area contributed by atoms with Crippen LogP contribution in [0.1, 0.15) is 47.4 Å². The van der Waals surface area contributed by atoms with Crippen molar-refractivity contribution in [1.82, 2.24) is 15.8 Å². The Kier molecular flexibility index (Phi) is 7.19. The Morgan fingerprint density at radius 1 is 1.07 bits per heavy atom. The lowest BCUT2D eigenvalue weighted by molar-refractivity contribution is 0.0847. The van der Waals surface area contributed by atoms with Crippen LogP contribution in [0.2, 0.25) is 5.02 Å². The fraction of sp³-hybridized carbons (Fsp3) is 0.273. The molecule has 0 radical (unpaired) electrons. The zero-order valence-electron chi connectivity index (χ0n) is 16.9. The van der Waals surface area contributed by atoms with E-state index in [1.165, 1.54) is 6.07 Å². The standard InChI is InChI=1S/C22H24ClN3O4/c1-3-5-10-30-20-17(23)11-14(12-19(20)29-4-2)21(27)25-26-22(28)16-13-24-18-9-7-6-8-15(16)18/h6-9,11-13,24H,3-5,10H2,1-2H3,(H,25,27)(H,26,28). The van der Waals surface area contributed by atoms with Crippen LogP contribution < -0.4 is 20.3 Å². The molecule has 2 amide bonds. The average Bonchev–Trinajstić information content (AvgIpc) is 3.18. The summed E-state index contributed by atoms with van der Waals surface area (Å²) in [6, 6.07) is 10.4. The molecule has 0 unspecified atom stereocenters. The third-order valence-corrected chi connectivity index (χ3v) is 4.72. The number of benzene rings is 2. The average molecular weight is 430 g/mol. The van der Waals surface area contributed by atoms with Crippen LogP contribution in [0.3, 0.4) is 0 Å². The second kappa shape index (κ2) is 10.0. The number of unbranched alkanes of at least 4 members (excludes halogenated alkanes) is 1. The maximum absolute atomic E-state index is 12.6. The number of nitrogens with one attached hydrogen (secondary N) is 3. The van der Waals surface area contributed by atoms with Crippen LogP contribution in [-0.4, -0.2) is 30.0 Å². The van der Waals surface area contributed by atoms with Crippen molar-refractivity contribution in [2.75, 3.05) is 13.2 Å². The Morgan fingerprint density at radius 3 is 2.60 bits per heavy atom. The molecule has 8 heteroatoms. The number of hydrazine groups is 1. The molecule has 30 heavy (non-hydrogen) atoms. The van der Waals surface area contributed by atoms with Gasteiger partial charge in [0.25, 0.3) is 11.8 Å². The smallest absolute Gasteiger partial charge is 0.271 e. The fourth-order valence-corrected chi connectivity index (χ4v) is 3.20. The highest BCUT2D eigenvalue weighted by molar-refractivity contribution is 6.32. The molecule has 7 nitrogen and oxygen atoms in total. The van der Waals surface area contributed by atoms with Gasteiger partial charge in [0.15, 0.2) is 11.5 Å². The van der Waals surface area contributed by atoms with Gasteiger partial charge in [-0.05, 0) is 31.5 Å². The third kappa shape index (κ3) is 4.86. The lowest BCUT2D eigenvalue weighted by atomic mass is 10.1. The molecule has 1 aromatic heterocycles. The van der Waals surface area contributed by atoms with Crippen LogP contribution in [-0.2, 0) is 0 Å². The van der Waals surface area contributed by atoms with Gasteiger partial charge in [0, 0.05) is 22.7 Å². The summed E-state index contributed by atoms with van der Waals surface area (Å²) in [5.41, 5.74) is 6.35. The largest absolute Gasteiger partial charge is 0.490 e. The first kappa shape index (κ1) is 21.5. The maximum atomic E-state index is 12.6. The van der Waals surface area contributed by atoms with E-state index in [9.17, 15) is 9.59 Å². The van der Waals surface area contributed by atoms with Gasteiger partial charge in [-0.2, -0.15) is 0 Å². The van der Waals surface area contributed by atoms with E-state index in [0.29, 0.717) is 30.3 Å². The van der Waals surface area contributed by atoms with Crippen LogP contribution in [0.25, 0.3) is 10.9 Å². The molecule has 0 atom stereocenters. The number of hydrogen-bond donors (Lipinski definition) is 3. The normalized spacial score (nSPS) is 10.6. The molecule has 2 aromatic carbocycles. The quantitative estimate of drug-likeness (QED) is 0.363. The van der Waals surface area contributed by atoms with Gasteiger partial charge < -0.3 is 14.5 Å². The van der Waals surface area contributed by atoms with Crippen LogP contribution in [0.5, 0.6) is 11.5 Å². The molecule has 0 bridgehead atoms. The number of fused-ring (bicyclic) bond motifs is 1. The van der Waals surface area contributed by atoms with Gasteiger partial charge in [0.2, 0.25) is 0 Å². The number of ether oxygens (including phenoxy) is 2. The van der Waals surface area contributed by atoms with Gasteiger partial charge in [0.1, 0.15) is 0 Å². The minimum atomic E-state index is -0.522. The summed E-state index contributed by atoms with van der Waals surface area (Å²) in [6.45, 7) is 4.79. The summed E-state index contributed by atoms with van der Waals surface area (Å²) in [7, 11) is 0. The number of H-pyrrole nitrogens is 1. The van der Waals surface area contributed by atoms with Crippen molar-refractivity contribution in [2.24, 2.45) is 0 Å². The lowest BCUT2D eigenvalue weighted by Gasteiger charge is -2.15. The Balaban J connectivity index is 1.72. The van der Waals surface area contributed by atoms with Crippen molar-refractivity contribution in [3.63, 3.8) is 0 Å². The molecule has 3 N–H and O–H groups in total. The Labute approximate surface area is 179 Å². The molecule has 0 saturated heterocycles. The molecule has 0 aliphatic carbocycles. The van der Waals surface area contributed by atoms with Crippen molar-refractivity contribution in [3.8, 4) is 11.5 Å². The van der Waals surface area contributed by atoms with Crippen molar-refractivity contribution >= 4 is 34.3 Å². The van der Waals surface area contributed by atoms with E-state index in [2.05, 4.69) is 22.8 Å². The number of halogens is 1. The number of aromatic amines is 1. The zero-order valence-corrected chi connectivity index (χ0v) is 17.6. The van der Waals surface area contributed by atoms with Gasteiger partial charge in [-0.3, -0.25) is 20.4 Å². The SMILES string of the molecule is CCCCOc1c(Cl)cc(C(=O)NNC(=O)c2c[nH]c3ccccc23)cc1OCC. The van der Waals surface area contributed by atoms with E-state index >= 15 is 0 Å². The van der Waals surface area contributed by atoms with E-state index in [-0.39, 0.29) is 10.6 Å². The number of amides is 2. The van der Waals surface area contributed by atoms with E-state index < -0.39 is 11.8 Å². The Bertz CT molecular complexity index is 1050. The third-order valence-electron chi connectivity index (χ3n) is 4.44. The molecule has 3 aromatic rings. The molecule has 0 saturated carbocycles. The van der Waals surface area contributed by atoms with Crippen LogP contribution in [0, 0.1) is 0 Å². The molecule has 0 aliphatic rings. The summed E-state index contributed by atoms with van der Waals surface area (Å²) in [4.78, 5) is 28.1. The predicted molar refractivity (Wildman–Crippen MR) is 116 cm³/mol. The van der Waals surface area contributed by atoms with Gasteiger partial charge in [-0.15, -0.1) is 0 Å². The summed E-state index contributed by atoms with van der Waals surface area (Å²) >= 11 is 6.33. The Morgan fingerprint density at radius 2 is 1.83 bits per heavy atom. The highest BCUT2D eigenvalue weighted by Crippen LogP contribution is 2.36. The highest BCUT2D eigenvalue weighted by atomic mass is 35.5. The molecule has 0 spiro atoms. The van der Waals surface area contributed by atoms with Crippen LogP contribution >= 0.6 is 11.6 Å². The van der Waals surface area contributed by atoms with Gasteiger partial charge in [-0.25, -0.2) is 0 Å². The first-order valence-corrected chi connectivity index (χ1v) is 10.2. The zero-order chi connectivity index (χ0) is 21.5. The number of hydrogen-bond acceptors (Lipinski definition) is 4. The van der Waals surface area contributed by atoms with E-state index in [0.717, 1.165) is 23.7 Å². The predicted octanol–water partition coefficient (Wildman–Crippen LogP) is 4.47. The lowest BCUT2D eigenvalue weighted by Crippen LogP contribution is -2.41. The second-order valence-electron chi connectivity index (χ2n) is 6.58. The fourth-order valence-electron chi connectivity index (χ4n) is 2.93. The first-order valence-electron chi connectivity index (χ1n) is 9.81. The van der Waals surface area contributed by atoms with Crippen molar-refractivity contribution in [1.29, 1.82) is 0 Å². The van der Waals surface area contributed by atoms with Crippen molar-refractivity contribution in [2.45, 2.75) is 26.7 Å². The molecule has 158 valence electrons. The molecule has 3 rings (SSSR count). The van der Waals surface area contributed by atoms with Crippen LogP contribution in [0.4, 0.5) is 0 Å². The molecule has 0 aliphatic heterocycles. The molecule has 1 heterocycles. The molecular weight excluding hydrogens is 406 g/mol. The second-order valence-corrected chi connectivity index (χ2v) is 6.98. The summed E-state index contributed by atoms with van der Waals surface area (Å²) in [6.07, 6.45) is 3.46. The summed E-state index contributed by atoms with van der Waals surface area (Å²) < 4.78 is 11.3. The summed E-state index contributed by atoms with van der Waals surface area (Å²) in [5, 5.41) is 1.03. The highest BCUT2D eigenvalue weighted by Gasteiger charge is 2.18. The number of aromatic nitrogens is 1. The first-order chi connectivity index (χ1) is 14.5.